The molecule has 1 atom stereocenters. The van der Waals surface area contributed by atoms with Gasteiger partial charge in [0.2, 0.25) is 0 Å². The smallest absolute Gasteiger partial charge is 0.287 e. The first-order valence-electron chi connectivity index (χ1n) is 7.38. The number of aliphatic hydroxyl groups is 1. The van der Waals surface area contributed by atoms with Crippen molar-refractivity contribution in [3.05, 3.63) is 35.1 Å². The van der Waals surface area contributed by atoms with Crippen molar-refractivity contribution < 1.29 is 14.3 Å². The van der Waals surface area contributed by atoms with Crippen molar-refractivity contribution in [2.45, 2.75) is 39.2 Å². The van der Waals surface area contributed by atoms with E-state index >= 15 is 0 Å². The average Bonchev–Trinajstić information content (AvgIpc) is 3.25. The quantitative estimate of drug-likeness (QED) is 0.908. The molecular formula is C17H21NO3. The highest BCUT2D eigenvalue weighted by Crippen LogP contribution is 2.39. The molecule has 1 heterocycles. The van der Waals surface area contributed by atoms with Gasteiger partial charge in [-0.1, -0.05) is 18.2 Å². The topological polar surface area (TPSA) is 62.5 Å². The molecule has 1 aromatic heterocycles. The minimum atomic E-state index is -0.558. The molecule has 1 fully saturated rings. The predicted molar refractivity (Wildman–Crippen MR) is 81.4 cm³/mol. The maximum Gasteiger partial charge on any atom is 0.287 e. The van der Waals surface area contributed by atoms with Gasteiger partial charge in [0.15, 0.2) is 5.76 Å². The Balaban J connectivity index is 1.95. The first-order valence-corrected chi connectivity index (χ1v) is 7.38. The molecule has 0 radical (unpaired) electrons. The predicted octanol–water partition coefficient (Wildman–Crippen LogP) is 2.94. The minimum Gasteiger partial charge on any atom is -0.450 e. The van der Waals surface area contributed by atoms with Gasteiger partial charge < -0.3 is 14.8 Å². The number of para-hydroxylation sites is 1. The van der Waals surface area contributed by atoms with Crippen LogP contribution in [0.5, 0.6) is 0 Å². The van der Waals surface area contributed by atoms with E-state index in [4.69, 9.17) is 4.42 Å². The standard InChI is InChI=1S/C17H21NO3/c1-10-5-4-6-13-11(2)15(21-14(10)13)16(20)18-17(3,9-19)12-7-8-12/h4-6,12,19H,7-9H2,1-3H3,(H,18,20). The summed E-state index contributed by atoms with van der Waals surface area (Å²) in [5.41, 5.74) is 2.07. The summed E-state index contributed by atoms with van der Waals surface area (Å²) in [5, 5.41) is 13.5. The van der Waals surface area contributed by atoms with Crippen LogP contribution in [0, 0.1) is 19.8 Å². The first kappa shape index (κ1) is 14.1. The van der Waals surface area contributed by atoms with Crippen LogP contribution in [0.2, 0.25) is 0 Å². The summed E-state index contributed by atoms with van der Waals surface area (Å²) in [6, 6.07) is 5.89. The van der Waals surface area contributed by atoms with Gasteiger partial charge >= 0.3 is 0 Å². The third-order valence-corrected chi connectivity index (χ3v) is 4.57. The Morgan fingerprint density at radius 1 is 1.43 bits per heavy atom. The number of carbonyl (C=O) groups is 1. The summed E-state index contributed by atoms with van der Waals surface area (Å²) in [5.74, 6) is 0.462. The number of hydrogen-bond donors (Lipinski definition) is 2. The molecule has 3 rings (SSSR count). The third kappa shape index (κ3) is 2.33. The Morgan fingerprint density at radius 2 is 2.14 bits per heavy atom. The number of furan rings is 1. The van der Waals surface area contributed by atoms with Crippen LogP contribution in [-0.4, -0.2) is 23.2 Å². The van der Waals surface area contributed by atoms with E-state index in [1.54, 1.807) is 0 Å². The van der Waals surface area contributed by atoms with E-state index in [1.165, 1.54) is 0 Å². The van der Waals surface area contributed by atoms with Crippen LogP contribution in [0.15, 0.2) is 22.6 Å². The number of amides is 1. The zero-order valence-corrected chi connectivity index (χ0v) is 12.7. The molecule has 0 bridgehead atoms. The molecule has 1 aliphatic carbocycles. The van der Waals surface area contributed by atoms with Gasteiger partial charge in [-0.25, -0.2) is 0 Å². The van der Waals surface area contributed by atoms with Gasteiger partial charge in [-0.2, -0.15) is 0 Å². The fraction of sp³-hybridized carbons (Fsp3) is 0.471. The van der Waals surface area contributed by atoms with E-state index in [2.05, 4.69) is 5.32 Å². The molecule has 1 aliphatic rings. The molecular weight excluding hydrogens is 266 g/mol. The van der Waals surface area contributed by atoms with E-state index in [0.717, 1.165) is 34.9 Å². The Kier molecular flexibility index (Phi) is 3.29. The van der Waals surface area contributed by atoms with E-state index < -0.39 is 5.54 Å². The van der Waals surface area contributed by atoms with Crippen molar-refractivity contribution in [1.82, 2.24) is 5.32 Å². The third-order valence-electron chi connectivity index (χ3n) is 4.57. The maximum absolute atomic E-state index is 12.5. The number of benzene rings is 1. The zero-order chi connectivity index (χ0) is 15.2. The van der Waals surface area contributed by atoms with Crippen molar-refractivity contribution >= 4 is 16.9 Å². The monoisotopic (exact) mass is 287 g/mol. The molecule has 4 nitrogen and oxygen atoms in total. The van der Waals surface area contributed by atoms with E-state index in [1.807, 2.05) is 39.0 Å². The van der Waals surface area contributed by atoms with Crippen molar-refractivity contribution in [2.24, 2.45) is 5.92 Å². The number of hydrogen-bond acceptors (Lipinski definition) is 3. The highest BCUT2D eigenvalue weighted by Gasteiger charge is 2.42. The lowest BCUT2D eigenvalue weighted by molar-refractivity contribution is 0.0798. The molecule has 0 aliphatic heterocycles. The summed E-state index contributed by atoms with van der Waals surface area (Å²) in [4.78, 5) is 12.5. The van der Waals surface area contributed by atoms with Crippen molar-refractivity contribution in [1.29, 1.82) is 0 Å². The average molecular weight is 287 g/mol. The lowest BCUT2D eigenvalue weighted by Gasteiger charge is -2.28. The fourth-order valence-corrected chi connectivity index (χ4v) is 2.91. The molecule has 1 aromatic carbocycles. The van der Waals surface area contributed by atoms with Gasteiger partial charge in [0.25, 0.3) is 5.91 Å². The number of fused-ring (bicyclic) bond motifs is 1. The highest BCUT2D eigenvalue weighted by molar-refractivity contribution is 5.99. The Hall–Kier alpha value is -1.81. The molecule has 0 spiro atoms. The van der Waals surface area contributed by atoms with Crippen molar-refractivity contribution in [2.75, 3.05) is 6.61 Å². The van der Waals surface area contributed by atoms with E-state index in [0.29, 0.717) is 11.7 Å². The van der Waals surface area contributed by atoms with Crippen LogP contribution in [-0.2, 0) is 0 Å². The van der Waals surface area contributed by atoms with Crippen LogP contribution in [0.1, 0.15) is 41.4 Å². The van der Waals surface area contributed by atoms with Crippen LogP contribution in [0.4, 0.5) is 0 Å². The molecule has 0 saturated heterocycles. The maximum atomic E-state index is 12.5. The van der Waals surface area contributed by atoms with Gasteiger partial charge in [0.05, 0.1) is 12.1 Å². The SMILES string of the molecule is Cc1c(C(=O)NC(C)(CO)C2CC2)oc2c(C)cccc12. The molecule has 2 aromatic rings. The molecule has 4 heteroatoms. The van der Waals surface area contributed by atoms with Gasteiger partial charge in [0, 0.05) is 10.9 Å². The Labute approximate surface area is 124 Å². The molecule has 2 N–H and O–H groups in total. The number of carbonyl (C=O) groups excluding carboxylic acids is 1. The van der Waals surface area contributed by atoms with Crippen LogP contribution in [0.3, 0.4) is 0 Å². The summed E-state index contributed by atoms with van der Waals surface area (Å²) >= 11 is 0. The van der Waals surface area contributed by atoms with Gasteiger partial charge in [0.1, 0.15) is 5.58 Å². The van der Waals surface area contributed by atoms with Crippen LogP contribution >= 0.6 is 0 Å². The molecule has 1 unspecified atom stereocenters. The number of rotatable bonds is 4. The van der Waals surface area contributed by atoms with E-state index in [-0.39, 0.29) is 12.5 Å². The second-order valence-corrected chi connectivity index (χ2v) is 6.31. The van der Waals surface area contributed by atoms with Crippen LogP contribution in [0.25, 0.3) is 11.0 Å². The van der Waals surface area contributed by atoms with E-state index in [9.17, 15) is 9.90 Å². The second-order valence-electron chi connectivity index (χ2n) is 6.31. The lowest BCUT2D eigenvalue weighted by Crippen LogP contribution is -2.50. The fourth-order valence-electron chi connectivity index (χ4n) is 2.91. The highest BCUT2D eigenvalue weighted by atomic mass is 16.3. The molecule has 1 amide bonds. The first-order chi connectivity index (χ1) is 9.96. The summed E-state index contributed by atoms with van der Waals surface area (Å²) in [6.45, 7) is 5.70. The largest absolute Gasteiger partial charge is 0.450 e. The Bertz CT molecular complexity index is 699. The zero-order valence-electron chi connectivity index (χ0n) is 12.7. The number of aliphatic hydroxyl groups excluding tert-OH is 1. The number of aryl methyl sites for hydroxylation is 2. The molecule has 21 heavy (non-hydrogen) atoms. The molecule has 112 valence electrons. The van der Waals surface area contributed by atoms with Gasteiger partial charge in [-0.15, -0.1) is 0 Å². The Morgan fingerprint density at radius 3 is 2.71 bits per heavy atom. The summed E-state index contributed by atoms with van der Waals surface area (Å²) < 4.78 is 5.79. The van der Waals surface area contributed by atoms with Crippen molar-refractivity contribution in [3.63, 3.8) is 0 Å². The minimum absolute atomic E-state index is 0.0539. The summed E-state index contributed by atoms with van der Waals surface area (Å²) in [6.07, 6.45) is 2.10. The van der Waals surface area contributed by atoms with Gasteiger partial charge in [-0.3, -0.25) is 4.79 Å². The lowest BCUT2D eigenvalue weighted by atomic mass is 9.96. The number of nitrogens with one attached hydrogen (secondary N) is 1. The van der Waals surface area contributed by atoms with Gasteiger partial charge in [-0.05, 0) is 45.1 Å². The second kappa shape index (κ2) is 4.88. The van der Waals surface area contributed by atoms with Crippen LogP contribution < -0.4 is 5.32 Å². The molecule has 1 saturated carbocycles. The normalized spacial score (nSPS) is 17.7. The summed E-state index contributed by atoms with van der Waals surface area (Å²) in [7, 11) is 0. The van der Waals surface area contributed by atoms with Crippen molar-refractivity contribution in [3.8, 4) is 0 Å².